The fourth-order valence-corrected chi connectivity index (χ4v) is 2.89. The lowest BCUT2D eigenvalue weighted by Gasteiger charge is -2.43. The van der Waals surface area contributed by atoms with Crippen LogP contribution in [-0.2, 0) is 4.74 Å². The molecule has 1 aliphatic heterocycles. The summed E-state index contributed by atoms with van der Waals surface area (Å²) in [7, 11) is 1.80. The molecule has 1 saturated heterocycles. The van der Waals surface area contributed by atoms with E-state index in [-0.39, 0.29) is 5.60 Å². The predicted octanol–water partition coefficient (Wildman–Crippen LogP) is 2.84. The van der Waals surface area contributed by atoms with Gasteiger partial charge >= 0.3 is 0 Å². The summed E-state index contributed by atoms with van der Waals surface area (Å²) in [6, 6.07) is 11.8. The summed E-state index contributed by atoms with van der Waals surface area (Å²) in [6.07, 6.45) is 1.17. The van der Waals surface area contributed by atoms with Crippen molar-refractivity contribution in [2.24, 2.45) is 0 Å². The number of ether oxygens (including phenoxy) is 1. The minimum Gasteiger partial charge on any atom is -0.377 e. The van der Waals surface area contributed by atoms with Crippen molar-refractivity contribution >= 4 is 0 Å². The zero-order valence-electron chi connectivity index (χ0n) is 13.2. The third-order valence-corrected chi connectivity index (χ3v) is 4.31. The smallest absolute Gasteiger partial charge is 0.0749 e. The van der Waals surface area contributed by atoms with Crippen LogP contribution in [0.1, 0.15) is 38.8 Å². The summed E-state index contributed by atoms with van der Waals surface area (Å²) in [5.74, 6) is 0. The van der Waals surface area contributed by atoms with Gasteiger partial charge in [0.25, 0.3) is 0 Å². The average Bonchev–Trinajstić information content (AvgIpc) is 2.47. The minimum atomic E-state index is -0.108. The zero-order valence-corrected chi connectivity index (χ0v) is 13.2. The maximum atomic E-state index is 5.63. The van der Waals surface area contributed by atoms with Gasteiger partial charge in [0.1, 0.15) is 0 Å². The molecule has 1 aliphatic rings. The Bertz CT molecular complexity index is 405. The molecule has 1 aromatic carbocycles. The first-order valence-corrected chi connectivity index (χ1v) is 7.63. The topological polar surface area (TPSA) is 24.5 Å². The van der Waals surface area contributed by atoms with Crippen LogP contribution in [0.2, 0.25) is 0 Å². The van der Waals surface area contributed by atoms with Crippen LogP contribution >= 0.6 is 0 Å². The van der Waals surface area contributed by atoms with E-state index in [4.69, 9.17) is 4.74 Å². The van der Waals surface area contributed by atoms with Gasteiger partial charge in [-0.15, -0.1) is 0 Å². The average molecular weight is 276 g/mol. The molecule has 0 aliphatic carbocycles. The van der Waals surface area contributed by atoms with Crippen molar-refractivity contribution in [1.82, 2.24) is 10.2 Å². The highest BCUT2D eigenvalue weighted by molar-refractivity contribution is 5.20. The Kier molecular flexibility index (Phi) is 5.19. The van der Waals surface area contributed by atoms with Gasteiger partial charge in [0.2, 0.25) is 0 Å². The number of methoxy groups -OCH3 is 1. The lowest BCUT2D eigenvalue weighted by molar-refractivity contribution is -0.0276. The van der Waals surface area contributed by atoms with E-state index in [0.29, 0.717) is 12.1 Å². The summed E-state index contributed by atoms with van der Waals surface area (Å²) in [5.41, 5.74) is 1.28. The molecule has 0 saturated carbocycles. The number of rotatable bonds is 5. The highest BCUT2D eigenvalue weighted by Crippen LogP contribution is 2.26. The third-order valence-electron chi connectivity index (χ3n) is 4.31. The molecule has 112 valence electrons. The van der Waals surface area contributed by atoms with Crippen molar-refractivity contribution in [1.29, 1.82) is 0 Å². The molecule has 0 spiro atoms. The van der Waals surface area contributed by atoms with E-state index in [2.05, 4.69) is 61.3 Å². The van der Waals surface area contributed by atoms with E-state index in [1.165, 1.54) is 12.0 Å². The van der Waals surface area contributed by atoms with Crippen molar-refractivity contribution < 1.29 is 4.74 Å². The van der Waals surface area contributed by atoms with E-state index in [9.17, 15) is 0 Å². The van der Waals surface area contributed by atoms with Gasteiger partial charge in [-0.2, -0.15) is 0 Å². The van der Waals surface area contributed by atoms with E-state index in [1.807, 2.05) is 0 Å². The van der Waals surface area contributed by atoms with Gasteiger partial charge in [-0.1, -0.05) is 37.3 Å². The Balaban J connectivity index is 2.16. The van der Waals surface area contributed by atoms with Crippen molar-refractivity contribution in [3.63, 3.8) is 0 Å². The summed E-state index contributed by atoms with van der Waals surface area (Å²) in [5, 5.41) is 3.67. The number of piperazine rings is 1. The van der Waals surface area contributed by atoms with E-state index < -0.39 is 0 Å². The van der Waals surface area contributed by atoms with Gasteiger partial charge in [0.15, 0.2) is 0 Å². The van der Waals surface area contributed by atoms with Crippen LogP contribution in [0, 0.1) is 0 Å². The van der Waals surface area contributed by atoms with Gasteiger partial charge in [-0.3, -0.25) is 4.90 Å². The maximum absolute atomic E-state index is 5.63. The molecule has 3 heteroatoms. The Hall–Kier alpha value is -0.900. The first-order valence-electron chi connectivity index (χ1n) is 7.63. The molecule has 1 aromatic rings. The number of nitrogens with one attached hydrogen (secondary N) is 1. The van der Waals surface area contributed by atoms with E-state index in [1.54, 1.807) is 7.11 Å². The molecule has 2 unspecified atom stereocenters. The maximum Gasteiger partial charge on any atom is 0.0749 e. The van der Waals surface area contributed by atoms with Gasteiger partial charge in [0, 0.05) is 38.8 Å². The molecule has 20 heavy (non-hydrogen) atoms. The second-order valence-corrected chi connectivity index (χ2v) is 6.33. The number of benzene rings is 1. The van der Waals surface area contributed by atoms with Crippen LogP contribution in [-0.4, -0.2) is 43.3 Å². The summed E-state index contributed by atoms with van der Waals surface area (Å²) in [4.78, 5) is 2.57. The number of hydrogen-bond acceptors (Lipinski definition) is 3. The normalized spacial score (nSPS) is 24.8. The lowest BCUT2D eigenvalue weighted by atomic mass is 9.97. The molecule has 2 rings (SSSR count). The van der Waals surface area contributed by atoms with Crippen molar-refractivity contribution in [3.05, 3.63) is 35.9 Å². The van der Waals surface area contributed by atoms with Crippen LogP contribution in [0.3, 0.4) is 0 Å². The molecule has 1 heterocycles. The van der Waals surface area contributed by atoms with Gasteiger partial charge in [-0.25, -0.2) is 0 Å². The third kappa shape index (κ3) is 3.81. The number of nitrogens with zero attached hydrogens (tertiary/aromatic N) is 1. The van der Waals surface area contributed by atoms with E-state index in [0.717, 1.165) is 19.6 Å². The van der Waals surface area contributed by atoms with Crippen molar-refractivity contribution in [2.75, 3.05) is 26.7 Å². The van der Waals surface area contributed by atoms with Crippen LogP contribution in [0.15, 0.2) is 30.3 Å². The minimum absolute atomic E-state index is 0.108. The molecular weight excluding hydrogens is 248 g/mol. The SMILES string of the molecule is CCC1CN(CC(C)(C)OC)C(c2ccccc2)CN1. The van der Waals surface area contributed by atoms with Crippen LogP contribution in [0.5, 0.6) is 0 Å². The Labute approximate surface area is 123 Å². The summed E-state index contributed by atoms with van der Waals surface area (Å²) in [6.45, 7) is 9.64. The van der Waals surface area contributed by atoms with Crippen LogP contribution < -0.4 is 5.32 Å². The fraction of sp³-hybridized carbons (Fsp3) is 0.647. The fourth-order valence-electron chi connectivity index (χ4n) is 2.89. The predicted molar refractivity (Wildman–Crippen MR) is 83.9 cm³/mol. The molecule has 0 amide bonds. The first kappa shape index (κ1) is 15.5. The van der Waals surface area contributed by atoms with Gasteiger partial charge < -0.3 is 10.1 Å². The Morgan fingerprint density at radius 3 is 2.60 bits per heavy atom. The molecule has 0 radical (unpaired) electrons. The molecule has 1 N–H and O–H groups in total. The molecule has 3 nitrogen and oxygen atoms in total. The van der Waals surface area contributed by atoms with Gasteiger partial charge in [-0.05, 0) is 25.8 Å². The molecule has 0 aromatic heterocycles. The molecule has 2 atom stereocenters. The second kappa shape index (κ2) is 6.70. The second-order valence-electron chi connectivity index (χ2n) is 6.33. The Morgan fingerprint density at radius 1 is 1.30 bits per heavy atom. The molecular formula is C17H28N2O. The van der Waals surface area contributed by atoms with Crippen LogP contribution in [0.25, 0.3) is 0 Å². The summed E-state index contributed by atoms with van der Waals surface area (Å²) >= 11 is 0. The van der Waals surface area contributed by atoms with Crippen LogP contribution in [0.4, 0.5) is 0 Å². The standard InChI is InChI=1S/C17H28N2O/c1-5-15-12-19(13-17(2,3)20-4)16(11-18-15)14-9-7-6-8-10-14/h6-10,15-16,18H,5,11-13H2,1-4H3. The Morgan fingerprint density at radius 2 is 2.00 bits per heavy atom. The van der Waals surface area contributed by atoms with Crippen molar-refractivity contribution in [2.45, 2.75) is 44.9 Å². The van der Waals surface area contributed by atoms with E-state index >= 15 is 0 Å². The monoisotopic (exact) mass is 276 g/mol. The molecule has 0 bridgehead atoms. The zero-order chi connectivity index (χ0) is 14.6. The van der Waals surface area contributed by atoms with Crippen molar-refractivity contribution in [3.8, 4) is 0 Å². The molecule has 1 fully saturated rings. The lowest BCUT2D eigenvalue weighted by Crippen LogP contribution is -2.55. The number of hydrogen-bond donors (Lipinski definition) is 1. The first-order chi connectivity index (χ1) is 9.55. The largest absolute Gasteiger partial charge is 0.377 e. The van der Waals surface area contributed by atoms with Gasteiger partial charge in [0.05, 0.1) is 5.60 Å². The summed E-state index contributed by atoms with van der Waals surface area (Å²) < 4.78 is 5.63. The highest BCUT2D eigenvalue weighted by Gasteiger charge is 2.32. The highest BCUT2D eigenvalue weighted by atomic mass is 16.5. The quantitative estimate of drug-likeness (QED) is 0.895.